The molecule has 0 aliphatic rings. The monoisotopic (exact) mass is 457 g/mol. The van der Waals surface area contributed by atoms with E-state index in [9.17, 15) is 4.79 Å². The first-order valence-electron chi connectivity index (χ1n) is 10.9. The zero-order valence-electron chi connectivity index (χ0n) is 19.4. The number of thiocarbonyl (C=S) groups is 1. The van der Waals surface area contributed by atoms with E-state index in [1.807, 2.05) is 63.2 Å². The summed E-state index contributed by atoms with van der Waals surface area (Å²) in [6.45, 7) is 10.2. The van der Waals surface area contributed by atoms with Crippen LogP contribution >= 0.6 is 12.2 Å². The quantitative estimate of drug-likeness (QED) is 0.391. The van der Waals surface area contributed by atoms with Crippen LogP contribution in [0.5, 0.6) is 0 Å². The van der Waals surface area contributed by atoms with Gasteiger partial charge < -0.3 is 5.32 Å². The lowest BCUT2D eigenvalue weighted by atomic mass is 10.0. The molecule has 0 aliphatic carbocycles. The number of carbonyl (C=O) groups is 1. The smallest absolute Gasteiger partial charge is 0.257 e. The summed E-state index contributed by atoms with van der Waals surface area (Å²) < 4.78 is 0. The Kier molecular flexibility index (Phi) is 6.24. The molecule has 7 heteroatoms. The maximum atomic E-state index is 12.6. The highest BCUT2D eigenvalue weighted by molar-refractivity contribution is 7.80. The van der Waals surface area contributed by atoms with Gasteiger partial charge in [-0.25, -0.2) is 0 Å². The number of aryl methyl sites for hydroxylation is 3. The molecule has 168 valence electrons. The highest BCUT2D eigenvalue weighted by Gasteiger charge is 2.12. The lowest BCUT2D eigenvalue weighted by Crippen LogP contribution is -2.34. The lowest BCUT2D eigenvalue weighted by Gasteiger charge is -2.12. The zero-order valence-corrected chi connectivity index (χ0v) is 20.2. The Bertz CT molecular complexity index is 1340. The summed E-state index contributed by atoms with van der Waals surface area (Å²) in [5.74, 6) is 0.230. The SMILES string of the molecule is Cc1cc(C)cc(C(=O)NC(=S)Nc2cc3nn(-c4ccc(C(C)C)cc4)nc3cc2C)c1. The maximum Gasteiger partial charge on any atom is 0.257 e. The van der Waals surface area contributed by atoms with E-state index in [1.165, 1.54) is 5.56 Å². The van der Waals surface area contributed by atoms with E-state index >= 15 is 0 Å². The fraction of sp³-hybridized carbons (Fsp3) is 0.231. The van der Waals surface area contributed by atoms with Gasteiger partial charge in [0, 0.05) is 11.3 Å². The Labute approximate surface area is 199 Å². The van der Waals surface area contributed by atoms with Crippen LogP contribution in [-0.2, 0) is 0 Å². The van der Waals surface area contributed by atoms with E-state index < -0.39 is 0 Å². The standard InChI is InChI=1S/C26H27N5OS/c1-15(2)19-6-8-21(9-7-19)31-29-23-13-18(5)22(14-24(23)30-31)27-26(33)28-25(32)20-11-16(3)10-17(4)12-20/h6-15H,1-5H3,(H2,27,28,32,33). The molecule has 1 amide bonds. The molecule has 0 atom stereocenters. The third kappa shape index (κ3) is 5.09. The molecule has 2 N–H and O–H groups in total. The number of hydrogen-bond donors (Lipinski definition) is 2. The van der Waals surface area contributed by atoms with Crippen LogP contribution in [0.2, 0.25) is 0 Å². The van der Waals surface area contributed by atoms with Crippen LogP contribution in [0.1, 0.15) is 52.4 Å². The number of anilines is 1. The second-order valence-corrected chi connectivity index (χ2v) is 9.08. The van der Waals surface area contributed by atoms with Crippen molar-refractivity contribution in [2.45, 2.75) is 40.5 Å². The molecular weight excluding hydrogens is 430 g/mol. The molecule has 0 spiro atoms. The minimum absolute atomic E-state index is 0.235. The van der Waals surface area contributed by atoms with E-state index in [-0.39, 0.29) is 11.0 Å². The van der Waals surface area contributed by atoms with Crippen molar-refractivity contribution in [2.24, 2.45) is 0 Å². The fourth-order valence-electron chi connectivity index (χ4n) is 3.75. The third-order valence-corrected chi connectivity index (χ3v) is 5.68. The van der Waals surface area contributed by atoms with E-state index in [0.29, 0.717) is 11.5 Å². The number of amides is 1. The summed E-state index contributed by atoms with van der Waals surface area (Å²) in [7, 11) is 0. The number of rotatable bonds is 4. The largest absolute Gasteiger partial charge is 0.332 e. The van der Waals surface area contributed by atoms with Gasteiger partial charge in [0.25, 0.3) is 5.91 Å². The molecule has 0 saturated carbocycles. The van der Waals surface area contributed by atoms with Gasteiger partial charge >= 0.3 is 0 Å². The van der Waals surface area contributed by atoms with Gasteiger partial charge in [-0.1, -0.05) is 43.2 Å². The van der Waals surface area contributed by atoms with Crippen molar-refractivity contribution >= 4 is 40.0 Å². The van der Waals surface area contributed by atoms with Crippen molar-refractivity contribution in [1.82, 2.24) is 20.3 Å². The maximum absolute atomic E-state index is 12.6. The lowest BCUT2D eigenvalue weighted by molar-refractivity contribution is 0.0977. The molecule has 0 bridgehead atoms. The van der Waals surface area contributed by atoms with Crippen LogP contribution in [0.3, 0.4) is 0 Å². The molecule has 1 aromatic heterocycles. The van der Waals surface area contributed by atoms with Crippen LogP contribution in [0.4, 0.5) is 5.69 Å². The summed E-state index contributed by atoms with van der Waals surface area (Å²) >= 11 is 5.39. The first-order chi connectivity index (χ1) is 15.7. The Balaban J connectivity index is 1.52. The van der Waals surface area contributed by atoms with Crippen molar-refractivity contribution in [2.75, 3.05) is 5.32 Å². The fourth-order valence-corrected chi connectivity index (χ4v) is 3.95. The number of benzene rings is 3. The topological polar surface area (TPSA) is 71.8 Å². The van der Waals surface area contributed by atoms with Gasteiger partial charge in [-0.2, -0.15) is 4.80 Å². The number of hydrogen-bond acceptors (Lipinski definition) is 4. The van der Waals surface area contributed by atoms with Crippen LogP contribution in [-0.4, -0.2) is 26.0 Å². The second kappa shape index (κ2) is 9.11. The summed E-state index contributed by atoms with van der Waals surface area (Å²) in [5.41, 5.74) is 8.06. The van der Waals surface area contributed by atoms with E-state index in [4.69, 9.17) is 12.2 Å². The van der Waals surface area contributed by atoms with E-state index in [1.54, 1.807) is 4.80 Å². The van der Waals surface area contributed by atoms with Crippen molar-refractivity contribution < 1.29 is 4.79 Å². The summed E-state index contributed by atoms with van der Waals surface area (Å²) in [4.78, 5) is 14.2. The molecule has 1 heterocycles. The third-order valence-electron chi connectivity index (χ3n) is 5.48. The molecule has 33 heavy (non-hydrogen) atoms. The summed E-state index contributed by atoms with van der Waals surface area (Å²) in [6, 6.07) is 17.8. The number of nitrogens with zero attached hydrogens (tertiary/aromatic N) is 3. The van der Waals surface area contributed by atoms with Gasteiger partial charge in [-0.3, -0.25) is 10.1 Å². The minimum Gasteiger partial charge on any atom is -0.332 e. The minimum atomic E-state index is -0.242. The van der Waals surface area contributed by atoms with Gasteiger partial charge in [-0.05, 0) is 86.4 Å². The van der Waals surface area contributed by atoms with Gasteiger partial charge in [0.1, 0.15) is 11.0 Å². The molecule has 4 rings (SSSR count). The summed E-state index contributed by atoms with van der Waals surface area (Å²) in [6.07, 6.45) is 0. The van der Waals surface area contributed by atoms with Crippen molar-refractivity contribution in [3.8, 4) is 5.69 Å². The Morgan fingerprint density at radius 1 is 0.909 bits per heavy atom. The normalized spacial score (nSPS) is 11.1. The molecule has 0 unspecified atom stereocenters. The molecule has 4 aromatic rings. The van der Waals surface area contributed by atoms with Gasteiger partial charge in [-0.15, -0.1) is 10.2 Å². The van der Waals surface area contributed by atoms with Crippen LogP contribution < -0.4 is 10.6 Å². The molecule has 0 fully saturated rings. The molecular formula is C26H27N5OS. The number of carbonyl (C=O) groups excluding carboxylic acids is 1. The highest BCUT2D eigenvalue weighted by atomic mass is 32.1. The van der Waals surface area contributed by atoms with Gasteiger partial charge in [0.2, 0.25) is 0 Å². The van der Waals surface area contributed by atoms with Crippen LogP contribution in [0, 0.1) is 20.8 Å². The van der Waals surface area contributed by atoms with Crippen molar-refractivity contribution in [1.29, 1.82) is 0 Å². The number of nitrogens with one attached hydrogen (secondary N) is 2. The first kappa shape index (κ1) is 22.6. The van der Waals surface area contributed by atoms with E-state index in [2.05, 4.69) is 46.8 Å². The van der Waals surface area contributed by atoms with Crippen LogP contribution in [0.25, 0.3) is 16.7 Å². The highest BCUT2D eigenvalue weighted by Crippen LogP contribution is 2.23. The molecule has 0 saturated heterocycles. The molecule has 6 nitrogen and oxygen atoms in total. The zero-order chi connectivity index (χ0) is 23.7. The Morgan fingerprint density at radius 3 is 2.12 bits per heavy atom. The predicted octanol–water partition coefficient (Wildman–Crippen LogP) is 5.60. The molecule has 0 radical (unpaired) electrons. The average Bonchev–Trinajstić information content (AvgIpc) is 3.16. The Hall–Kier alpha value is -3.58. The van der Waals surface area contributed by atoms with Crippen molar-refractivity contribution in [3.05, 3.63) is 82.4 Å². The predicted molar refractivity (Wildman–Crippen MR) is 137 cm³/mol. The van der Waals surface area contributed by atoms with Gasteiger partial charge in [0.05, 0.1) is 5.69 Å². The molecule has 3 aromatic carbocycles. The van der Waals surface area contributed by atoms with Gasteiger partial charge in [0.15, 0.2) is 5.11 Å². The summed E-state index contributed by atoms with van der Waals surface area (Å²) in [5, 5.41) is 15.4. The number of fused-ring (bicyclic) bond motifs is 1. The first-order valence-corrected chi connectivity index (χ1v) is 11.3. The van der Waals surface area contributed by atoms with E-state index in [0.717, 1.165) is 39.1 Å². The number of aromatic nitrogens is 3. The second-order valence-electron chi connectivity index (χ2n) is 8.68. The Morgan fingerprint density at radius 2 is 1.52 bits per heavy atom. The van der Waals surface area contributed by atoms with Crippen LogP contribution in [0.15, 0.2) is 54.6 Å². The van der Waals surface area contributed by atoms with Crippen molar-refractivity contribution in [3.63, 3.8) is 0 Å². The molecule has 0 aliphatic heterocycles. The average molecular weight is 458 g/mol.